The number of benzene rings is 2. The van der Waals surface area contributed by atoms with E-state index >= 15 is 0 Å². The maximum atomic E-state index is 13.4. The van der Waals surface area contributed by atoms with Gasteiger partial charge >= 0.3 is 0 Å². The highest BCUT2D eigenvalue weighted by Crippen LogP contribution is 2.33. The Labute approximate surface area is 177 Å². The second-order valence-electron chi connectivity index (χ2n) is 6.83. The predicted octanol–water partition coefficient (Wildman–Crippen LogP) is 3.21. The van der Waals surface area contributed by atoms with Crippen LogP contribution in [-0.4, -0.2) is 35.6 Å². The first-order valence-corrected chi connectivity index (χ1v) is 10.8. The summed E-state index contributed by atoms with van der Waals surface area (Å²) in [6, 6.07) is 8.64. The second kappa shape index (κ2) is 8.00. The van der Waals surface area contributed by atoms with E-state index in [1.54, 1.807) is 25.1 Å². The summed E-state index contributed by atoms with van der Waals surface area (Å²) in [5, 5.41) is 11.5. The number of halogens is 1. The summed E-state index contributed by atoms with van der Waals surface area (Å²) >= 11 is 0. The van der Waals surface area contributed by atoms with E-state index in [0.29, 0.717) is 34.1 Å². The lowest BCUT2D eigenvalue weighted by Crippen LogP contribution is -2.19. The molecule has 4 aromatic rings. The summed E-state index contributed by atoms with van der Waals surface area (Å²) in [7, 11) is -2.52. The Morgan fingerprint density at radius 2 is 1.81 bits per heavy atom. The van der Waals surface area contributed by atoms with E-state index < -0.39 is 16.1 Å². The first kappa shape index (κ1) is 20.8. The van der Waals surface area contributed by atoms with Crippen molar-refractivity contribution in [2.45, 2.75) is 24.8 Å². The average molecular weight is 442 g/mol. The Morgan fingerprint density at radius 3 is 2.45 bits per heavy atom. The standard InChI is InChI=1S/C20H19FN6O3S/c1-11(20-27-26-12(2)30-20)25-19-16-8-14(13-4-6-15(21)7-5-13)9-17(31(28,29)22-3)18(16)23-10-24-19/h4-11,22H,1-3H3,(H,23,24,25). The quantitative estimate of drug-likeness (QED) is 0.467. The number of hydrogen-bond acceptors (Lipinski definition) is 8. The highest BCUT2D eigenvalue weighted by atomic mass is 32.2. The molecule has 4 rings (SSSR count). The van der Waals surface area contributed by atoms with Crippen molar-refractivity contribution in [2.24, 2.45) is 0 Å². The number of rotatable bonds is 6. The normalized spacial score (nSPS) is 12.8. The van der Waals surface area contributed by atoms with Crippen molar-refractivity contribution in [1.29, 1.82) is 0 Å². The highest BCUT2D eigenvalue weighted by Gasteiger charge is 2.22. The van der Waals surface area contributed by atoms with E-state index in [4.69, 9.17) is 4.42 Å². The van der Waals surface area contributed by atoms with Crippen LogP contribution in [0.15, 0.2) is 52.0 Å². The minimum atomic E-state index is -3.84. The number of aryl methyl sites for hydroxylation is 1. The monoisotopic (exact) mass is 442 g/mol. The molecule has 0 aliphatic rings. The summed E-state index contributed by atoms with van der Waals surface area (Å²) in [5.74, 6) is 0.797. The SMILES string of the molecule is CNS(=O)(=O)c1cc(-c2ccc(F)cc2)cc2c(NC(C)c3nnc(C)o3)ncnc12. The van der Waals surface area contributed by atoms with E-state index in [1.165, 1.54) is 31.6 Å². The van der Waals surface area contributed by atoms with Crippen LogP contribution in [0.2, 0.25) is 0 Å². The molecule has 0 spiro atoms. The van der Waals surface area contributed by atoms with E-state index in [2.05, 4.69) is 30.2 Å². The zero-order valence-corrected chi connectivity index (χ0v) is 17.7. The van der Waals surface area contributed by atoms with Crippen LogP contribution in [0, 0.1) is 12.7 Å². The van der Waals surface area contributed by atoms with Gasteiger partial charge in [-0.1, -0.05) is 12.1 Å². The van der Waals surface area contributed by atoms with Crippen molar-refractivity contribution >= 4 is 26.7 Å². The molecule has 2 heterocycles. The van der Waals surface area contributed by atoms with Crippen LogP contribution in [0.25, 0.3) is 22.0 Å². The van der Waals surface area contributed by atoms with Crippen molar-refractivity contribution in [2.75, 3.05) is 12.4 Å². The third-order valence-corrected chi connectivity index (χ3v) is 6.13. The largest absolute Gasteiger partial charge is 0.423 e. The Hall–Kier alpha value is -3.44. The van der Waals surface area contributed by atoms with Gasteiger partial charge < -0.3 is 9.73 Å². The first-order chi connectivity index (χ1) is 14.8. The molecule has 0 aliphatic carbocycles. The lowest BCUT2D eigenvalue weighted by Gasteiger charge is -2.15. The van der Waals surface area contributed by atoms with Gasteiger partial charge in [-0.15, -0.1) is 10.2 Å². The Bertz CT molecular complexity index is 1360. The molecule has 160 valence electrons. The maximum Gasteiger partial charge on any atom is 0.242 e. The summed E-state index contributed by atoms with van der Waals surface area (Å²) in [6.07, 6.45) is 1.28. The molecule has 2 aromatic heterocycles. The van der Waals surface area contributed by atoms with E-state index in [9.17, 15) is 12.8 Å². The third-order valence-electron chi connectivity index (χ3n) is 4.70. The summed E-state index contributed by atoms with van der Waals surface area (Å²) in [5.41, 5.74) is 1.46. The molecule has 0 saturated carbocycles. The fraction of sp³-hybridized carbons (Fsp3) is 0.200. The lowest BCUT2D eigenvalue weighted by atomic mass is 10.0. The molecular formula is C20H19FN6O3S. The van der Waals surface area contributed by atoms with Crippen molar-refractivity contribution < 1.29 is 17.2 Å². The van der Waals surface area contributed by atoms with Crippen LogP contribution in [0.4, 0.5) is 10.2 Å². The summed E-state index contributed by atoms with van der Waals surface area (Å²) < 4.78 is 46.6. The Kier molecular flexibility index (Phi) is 5.38. The van der Waals surface area contributed by atoms with Crippen LogP contribution in [0.1, 0.15) is 24.7 Å². The molecule has 0 radical (unpaired) electrons. The number of hydrogen-bond donors (Lipinski definition) is 2. The van der Waals surface area contributed by atoms with Gasteiger partial charge in [-0.05, 0) is 49.4 Å². The highest BCUT2D eigenvalue weighted by molar-refractivity contribution is 7.89. The Morgan fingerprint density at radius 1 is 1.06 bits per heavy atom. The number of nitrogens with zero attached hydrogens (tertiary/aromatic N) is 4. The van der Waals surface area contributed by atoms with Crippen LogP contribution in [-0.2, 0) is 10.0 Å². The Balaban J connectivity index is 1.90. The molecule has 0 saturated heterocycles. The second-order valence-corrected chi connectivity index (χ2v) is 8.69. The molecule has 0 aliphatic heterocycles. The van der Waals surface area contributed by atoms with Gasteiger partial charge in [-0.2, -0.15) is 0 Å². The molecule has 1 unspecified atom stereocenters. The summed E-state index contributed by atoms with van der Waals surface area (Å²) in [6.45, 7) is 3.50. The minimum Gasteiger partial charge on any atom is -0.423 e. The molecule has 2 N–H and O–H groups in total. The van der Waals surface area contributed by atoms with E-state index in [0.717, 1.165) is 0 Å². The van der Waals surface area contributed by atoms with Crippen molar-refractivity contribution in [3.05, 3.63) is 60.3 Å². The number of sulfonamides is 1. The number of anilines is 1. The van der Waals surface area contributed by atoms with Gasteiger partial charge in [-0.3, -0.25) is 0 Å². The van der Waals surface area contributed by atoms with Gasteiger partial charge in [0.25, 0.3) is 0 Å². The van der Waals surface area contributed by atoms with Gasteiger partial charge in [0.1, 0.15) is 28.9 Å². The fourth-order valence-corrected chi connectivity index (χ4v) is 4.05. The van der Waals surface area contributed by atoms with Crippen LogP contribution < -0.4 is 10.0 Å². The van der Waals surface area contributed by atoms with Gasteiger partial charge in [0.2, 0.25) is 21.8 Å². The zero-order valence-electron chi connectivity index (χ0n) is 16.9. The molecule has 0 amide bonds. The molecule has 2 aromatic carbocycles. The fourth-order valence-electron chi connectivity index (χ4n) is 3.13. The molecule has 11 heteroatoms. The zero-order chi connectivity index (χ0) is 22.2. The smallest absolute Gasteiger partial charge is 0.242 e. The lowest BCUT2D eigenvalue weighted by molar-refractivity contribution is 0.451. The number of aromatic nitrogens is 4. The third kappa shape index (κ3) is 4.09. The van der Waals surface area contributed by atoms with Crippen molar-refractivity contribution in [3.8, 4) is 11.1 Å². The maximum absolute atomic E-state index is 13.4. The van der Waals surface area contributed by atoms with Gasteiger partial charge in [0.15, 0.2) is 0 Å². The summed E-state index contributed by atoms with van der Waals surface area (Å²) in [4.78, 5) is 8.48. The molecular weight excluding hydrogens is 423 g/mol. The minimum absolute atomic E-state index is 0.0152. The predicted molar refractivity (Wildman–Crippen MR) is 112 cm³/mol. The molecule has 31 heavy (non-hydrogen) atoms. The van der Waals surface area contributed by atoms with Crippen LogP contribution in [0.3, 0.4) is 0 Å². The van der Waals surface area contributed by atoms with E-state index in [-0.39, 0.29) is 16.2 Å². The molecule has 9 nitrogen and oxygen atoms in total. The first-order valence-electron chi connectivity index (χ1n) is 9.33. The number of nitrogens with one attached hydrogen (secondary N) is 2. The topological polar surface area (TPSA) is 123 Å². The van der Waals surface area contributed by atoms with Crippen molar-refractivity contribution in [1.82, 2.24) is 24.9 Å². The molecule has 0 bridgehead atoms. The number of fused-ring (bicyclic) bond motifs is 1. The van der Waals surface area contributed by atoms with Gasteiger partial charge in [-0.25, -0.2) is 27.5 Å². The molecule has 0 fully saturated rings. The van der Waals surface area contributed by atoms with E-state index in [1.807, 2.05) is 6.92 Å². The van der Waals surface area contributed by atoms with Crippen LogP contribution in [0.5, 0.6) is 0 Å². The average Bonchev–Trinajstić information content (AvgIpc) is 3.20. The van der Waals surface area contributed by atoms with Crippen LogP contribution >= 0.6 is 0 Å². The van der Waals surface area contributed by atoms with Gasteiger partial charge in [0, 0.05) is 12.3 Å². The van der Waals surface area contributed by atoms with Crippen molar-refractivity contribution in [3.63, 3.8) is 0 Å². The van der Waals surface area contributed by atoms with Gasteiger partial charge in [0.05, 0.1) is 5.52 Å². The molecule has 1 atom stereocenters.